The first-order chi connectivity index (χ1) is 16.1. The van der Waals surface area contributed by atoms with Crippen LogP contribution in [-0.4, -0.2) is 51.6 Å². The van der Waals surface area contributed by atoms with Gasteiger partial charge >= 0.3 is 6.03 Å². The van der Waals surface area contributed by atoms with Crippen LogP contribution in [0, 0.1) is 11.8 Å². The van der Waals surface area contributed by atoms with Crippen LogP contribution in [0.2, 0.25) is 0 Å². The van der Waals surface area contributed by atoms with Gasteiger partial charge in [-0.1, -0.05) is 19.3 Å². The van der Waals surface area contributed by atoms with Crippen LogP contribution in [-0.2, 0) is 11.2 Å². The molecule has 4 fully saturated rings. The first-order valence-corrected chi connectivity index (χ1v) is 13.0. The molecule has 2 unspecified atom stereocenters. The van der Waals surface area contributed by atoms with E-state index in [1.807, 2.05) is 10.7 Å². The highest BCUT2D eigenvalue weighted by Gasteiger charge is 2.41. The molecule has 6 rings (SSSR count). The number of carbonyl (C=O) groups is 2. The number of hydrogen-bond acceptors (Lipinski definition) is 4. The smallest absolute Gasteiger partial charge is 0.297 e. The lowest BCUT2D eigenvalue weighted by atomic mass is 9.83. The maximum Gasteiger partial charge on any atom is 0.328 e. The van der Waals surface area contributed by atoms with Crippen LogP contribution < -0.4 is 10.2 Å². The molecule has 1 saturated carbocycles. The SMILES string of the molecule is O=C1CCN(c2cnn3ccc(CC4CC5CCC(C4)N5CC4CCCCC4)cc23)C(=O)N1. The molecule has 1 aliphatic carbocycles. The Hall–Kier alpha value is -2.41. The Bertz CT molecular complexity index is 1030. The second-order valence-electron chi connectivity index (χ2n) is 10.8. The van der Waals surface area contributed by atoms with E-state index in [4.69, 9.17) is 0 Å². The van der Waals surface area contributed by atoms with Crippen molar-refractivity contribution < 1.29 is 9.59 Å². The molecule has 3 saturated heterocycles. The van der Waals surface area contributed by atoms with E-state index >= 15 is 0 Å². The predicted octanol–water partition coefficient (Wildman–Crippen LogP) is 4.15. The van der Waals surface area contributed by atoms with Gasteiger partial charge in [0.25, 0.3) is 0 Å². The number of fused-ring (bicyclic) bond motifs is 3. The Morgan fingerprint density at radius 1 is 1.00 bits per heavy atom. The van der Waals surface area contributed by atoms with Crippen LogP contribution in [0.25, 0.3) is 5.52 Å². The fourth-order valence-electron chi connectivity index (χ4n) is 6.99. The zero-order valence-electron chi connectivity index (χ0n) is 19.4. The minimum Gasteiger partial charge on any atom is -0.297 e. The van der Waals surface area contributed by atoms with Crippen LogP contribution in [0.4, 0.5) is 10.5 Å². The molecule has 2 atom stereocenters. The molecule has 33 heavy (non-hydrogen) atoms. The van der Waals surface area contributed by atoms with E-state index in [1.54, 1.807) is 11.1 Å². The molecule has 1 N–H and O–H groups in total. The number of hydrogen-bond donors (Lipinski definition) is 1. The summed E-state index contributed by atoms with van der Waals surface area (Å²) in [7, 11) is 0. The summed E-state index contributed by atoms with van der Waals surface area (Å²) in [4.78, 5) is 28.4. The van der Waals surface area contributed by atoms with Gasteiger partial charge in [-0.15, -0.1) is 0 Å². The summed E-state index contributed by atoms with van der Waals surface area (Å²) in [5.41, 5.74) is 3.04. The molecule has 3 amide bonds. The average Bonchev–Trinajstić information content (AvgIpc) is 3.31. The van der Waals surface area contributed by atoms with E-state index in [1.165, 1.54) is 69.9 Å². The van der Waals surface area contributed by atoms with Gasteiger partial charge in [-0.2, -0.15) is 5.10 Å². The molecule has 0 aromatic carbocycles. The number of amides is 3. The lowest BCUT2D eigenvalue weighted by Crippen LogP contribution is -2.49. The number of nitrogens with zero attached hydrogens (tertiary/aromatic N) is 4. The summed E-state index contributed by atoms with van der Waals surface area (Å²) in [6.07, 6.45) is 17.7. The fourth-order valence-corrected chi connectivity index (χ4v) is 6.99. The Morgan fingerprint density at radius 3 is 2.55 bits per heavy atom. The zero-order valence-corrected chi connectivity index (χ0v) is 19.4. The summed E-state index contributed by atoms with van der Waals surface area (Å²) in [6.45, 7) is 1.74. The molecule has 0 radical (unpaired) electrons. The molecule has 4 aliphatic rings. The summed E-state index contributed by atoms with van der Waals surface area (Å²) < 4.78 is 1.83. The highest BCUT2D eigenvalue weighted by atomic mass is 16.2. The number of aromatic nitrogens is 2. The highest BCUT2D eigenvalue weighted by molar-refractivity contribution is 6.07. The Kier molecular flexibility index (Phi) is 5.60. The maximum atomic E-state index is 12.4. The second-order valence-corrected chi connectivity index (χ2v) is 10.8. The first kappa shape index (κ1) is 21.1. The number of anilines is 1. The van der Waals surface area contributed by atoms with Crippen LogP contribution in [0.1, 0.15) is 69.8 Å². The van der Waals surface area contributed by atoms with Crippen molar-refractivity contribution in [2.45, 2.75) is 82.7 Å². The molecule has 176 valence electrons. The van der Waals surface area contributed by atoms with Crippen molar-refractivity contribution in [1.82, 2.24) is 19.8 Å². The Balaban J connectivity index is 1.14. The second kappa shape index (κ2) is 8.75. The predicted molar refractivity (Wildman–Crippen MR) is 127 cm³/mol. The normalized spacial score (nSPS) is 29.1. The van der Waals surface area contributed by atoms with Gasteiger partial charge in [0.1, 0.15) is 0 Å². The number of piperidine rings is 1. The Labute approximate surface area is 195 Å². The average molecular weight is 450 g/mol. The van der Waals surface area contributed by atoms with Gasteiger partial charge < -0.3 is 0 Å². The number of rotatable bonds is 5. The van der Waals surface area contributed by atoms with Gasteiger partial charge in [0.05, 0.1) is 17.4 Å². The van der Waals surface area contributed by atoms with Crippen molar-refractivity contribution >= 4 is 23.1 Å². The standard InChI is InChI=1S/C26H35N5O2/c32-25-9-10-29(26(33)28-25)24-16-27-31-11-8-19(15-23(24)31)12-20-13-21-6-7-22(14-20)30(21)17-18-4-2-1-3-5-18/h8,11,15-16,18,20-22H,1-7,9-10,12-14,17H2,(H,28,32,33). The number of urea groups is 1. The third kappa shape index (κ3) is 4.16. The molecule has 7 nitrogen and oxygen atoms in total. The van der Waals surface area contributed by atoms with E-state index in [0.29, 0.717) is 13.0 Å². The van der Waals surface area contributed by atoms with Crippen LogP contribution in [0.5, 0.6) is 0 Å². The highest BCUT2D eigenvalue weighted by Crippen LogP contribution is 2.41. The number of imide groups is 1. The van der Waals surface area contributed by atoms with Crippen molar-refractivity contribution in [2.24, 2.45) is 11.8 Å². The third-order valence-corrected chi connectivity index (χ3v) is 8.61. The largest absolute Gasteiger partial charge is 0.328 e. The molecule has 0 spiro atoms. The Morgan fingerprint density at radius 2 is 1.79 bits per heavy atom. The fraction of sp³-hybridized carbons (Fsp3) is 0.654. The number of pyridine rings is 1. The van der Waals surface area contributed by atoms with Gasteiger partial charge in [0, 0.05) is 37.8 Å². The van der Waals surface area contributed by atoms with Crippen molar-refractivity contribution in [3.63, 3.8) is 0 Å². The monoisotopic (exact) mass is 449 g/mol. The molecule has 7 heteroatoms. The van der Waals surface area contributed by atoms with Crippen molar-refractivity contribution in [3.05, 3.63) is 30.1 Å². The van der Waals surface area contributed by atoms with Gasteiger partial charge in [0.15, 0.2) is 0 Å². The minimum atomic E-state index is -0.353. The first-order valence-electron chi connectivity index (χ1n) is 13.0. The molecule has 5 heterocycles. The van der Waals surface area contributed by atoms with Crippen LogP contribution in [0.3, 0.4) is 0 Å². The van der Waals surface area contributed by atoms with E-state index in [9.17, 15) is 9.59 Å². The zero-order chi connectivity index (χ0) is 22.4. The van der Waals surface area contributed by atoms with Gasteiger partial charge in [-0.3, -0.25) is 19.9 Å². The van der Waals surface area contributed by atoms with Gasteiger partial charge in [0.2, 0.25) is 5.91 Å². The topological polar surface area (TPSA) is 70.0 Å². The van der Waals surface area contributed by atoms with Gasteiger partial charge in [-0.05, 0) is 74.5 Å². The lowest BCUT2D eigenvalue weighted by molar-refractivity contribution is -0.120. The molecular weight excluding hydrogens is 414 g/mol. The van der Waals surface area contributed by atoms with E-state index in [0.717, 1.165) is 41.5 Å². The maximum absolute atomic E-state index is 12.4. The van der Waals surface area contributed by atoms with Crippen molar-refractivity contribution in [1.29, 1.82) is 0 Å². The molecule has 2 aromatic rings. The van der Waals surface area contributed by atoms with Crippen molar-refractivity contribution in [2.75, 3.05) is 18.0 Å². The molecular formula is C26H35N5O2. The third-order valence-electron chi connectivity index (χ3n) is 8.61. The van der Waals surface area contributed by atoms with Crippen molar-refractivity contribution in [3.8, 4) is 0 Å². The summed E-state index contributed by atoms with van der Waals surface area (Å²) in [5, 5.41) is 6.86. The number of nitrogens with one attached hydrogen (secondary N) is 1. The quantitative estimate of drug-likeness (QED) is 0.745. The molecule has 3 aliphatic heterocycles. The van der Waals surface area contributed by atoms with Crippen LogP contribution >= 0.6 is 0 Å². The molecule has 2 aromatic heterocycles. The molecule has 2 bridgehead atoms. The van der Waals surface area contributed by atoms with E-state index in [-0.39, 0.29) is 11.9 Å². The number of carbonyl (C=O) groups excluding carboxylic acids is 2. The lowest BCUT2D eigenvalue weighted by Gasteiger charge is -2.41. The van der Waals surface area contributed by atoms with E-state index < -0.39 is 0 Å². The summed E-state index contributed by atoms with van der Waals surface area (Å²) >= 11 is 0. The minimum absolute atomic E-state index is 0.210. The van der Waals surface area contributed by atoms with E-state index in [2.05, 4.69) is 27.4 Å². The van der Waals surface area contributed by atoms with Crippen LogP contribution in [0.15, 0.2) is 24.5 Å². The summed E-state index contributed by atoms with van der Waals surface area (Å²) in [5.74, 6) is 1.45. The summed E-state index contributed by atoms with van der Waals surface area (Å²) in [6, 6.07) is 5.58. The van der Waals surface area contributed by atoms with Gasteiger partial charge in [-0.25, -0.2) is 9.31 Å².